The summed E-state index contributed by atoms with van der Waals surface area (Å²) in [5.74, 6) is 1.23. The zero-order valence-electron chi connectivity index (χ0n) is 14.3. The van der Waals surface area contributed by atoms with E-state index in [2.05, 4.69) is 10.2 Å². The number of methoxy groups -OCH3 is 1. The molecule has 2 heterocycles. The van der Waals surface area contributed by atoms with Crippen molar-refractivity contribution in [2.75, 3.05) is 18.6 Å². The van der Waals surface area contributed by atoms with Gasteiger partial charge in [0.25, 0.3) is 0 Å². The number of rotatable bonds is 5. The predicted molar refractivity (Wildman–Crippen MR) is 96.7 cm³/mol. The third-order valence-corrected chi connectivity index (χ3v) is 7.26. The van der Waals surface area contributed by atoms with Crippen LogP contribution in [-0.2, 0) is 9.84 Å². The summed E-state index contributed by atoms with van der Waals surface area (Å²) in [6.07, 6.45) is -0.878. The second-order valence-corrected chi connectivity index (χ2v) is 9.66. The van der Waals surface area contributed by atoms with Crippen molar-refractivity contribution in [1.82, 2.24) is 14.8 Å². The lowest BCUT2D eigenvalue weighted by atomic mass is 10.2. The molecule has 2 atom stereocenters. The van der Waals surface area contributed by atoms with Crippen molar-refractivity contribution in [2.24, 2.45) is 0 Å². The molecular weight excluding hydrogens is 362 g/mol. The summed E-state index contributed by atoms with van der Waals surface area (Å²) in [4.78, 5) is 0. The molecule has 1 N–H and O–H groups in total. The first kappa shape index (κ1) is 18.2. The van der Waals surface area contributed by atoms with Crippen LogP contribution in [0.4, 0.5) is 0 Å². The second kappa shape index (κ2) is 6.97. The monoisotopic (exact) mass is 383 g/mol. The Morgan fingerprint density at radius 3 is 2.44 bits per heavy atom. The molecular formula is C16H21N3O4S2. The lowest BCUT2D eigenvalue weighted by Gasteiger charge is -2.16. The van der Waals surface area contributed by atoms with Gasteiger partial charge in [0.1, 0.15) is 5.75 Å². The maximum atomic E-state index is 11.7. The summed E-state index contributed by atoms with van der Waals surface area (Å²) in [6, 6.07) is 7.62. The molecule has 1 aliphatic heterocycles. The number of thioether (sulfide) groups is 1. The Morgan fingerprint density at radius 1 is 1.24 bits per heavy atom. The number of hydrogen-bond acceptors (Lipinski definition) is 7. The molecule has 0 saturated carbocycles. The van der Waals surface area contributed by atoms with E-state index in [1.54, 1.807) is 7.11 Å². The van der Waals surface area contributed by atoms with Crippen molar-refractivity contribution in [2.45, 2.75) is 36.4 Å². The van der Waals surface area contributed by atoms with Gasteiger partial charge in [0.05, 0.1) is 30.0 Å². The van der Waals surface area contributed by atoms with E-state index >= 15 is 0 Å². The third-order valence-electron chi connectivity index (χ3n) is 4.06. The van der Waals surface area contributed by atoms with Gasteiger partial charge in [0, 0.05) is 11.6 Å². The van der Waals surface area contributed by atoms with E-state index < -0.39 is 21.2 Å². The largest absolute Gasteiger partial charge is 0.497 e. The van der Waals surface area contributed by atoms with E-state index in [9.17, 15) is 13.5 Å². The second-order valence-electron chi connectivity index (χ2n) is 6.30. The van der Waals surface area contributed by atoms with Crippen molar-refractivity contribution in [1.29, 1.82) is 0 Å². The maximum Gasteiger partial charge on any atom is 0.192 e. The van der Waals surface area contributed by atoms with Crippen molar-refractivity contribution in [3.05, 3.63) is 24.3 Å². The molecule has 1 saturated heterocycles. The molecule has 0 unspecified atom stereocenters. The van der Waals surface area contributed by atoms with Crippen LogP contribution in [0, 0.1) is 0 Å². The maximum absolute atomic E-state index is 11.7. The molecule has 0 amide bonds. The third kappa shape index (κ3) is 3.83. The highest BCUT2D eigenvalue weighted by molar-refractivity contribution is 8.01. The van der Waals surface area contributed by atoms with Crippen LogP contribution in [0.2, 0.25) is 0 Å². The van der Waals surface area contributed by atoms with Crippen LogP contribution in [0.5, 0.6) is 5.75 Å². The number of sulfone groups is 1. The van der Waals surface area contributed by atoms with Crippen molar-refractivity contribution >= 4 is 21.6 Å². The quantitative estimate of drug-likeness (QED) is 0.841. The average Bonchev–Trinajstić information content (AvgIpc) is 3.08. The van der Waals surface area contributed by atoms with Crippen molar-refractivity contribution in [3.63, 3.8) is 0 Å². The van der Waals surface area contributed by atoms with E-state index in [4.69, 9.17) is 4.74 Å². The Hall–Kier alpha value is -1.58. The van der Waals surface area contributed by atoms with Gasteiger partial charge in [-0.3, -0.25) is 4.57 Å². The van der Waals surface area contributed by atoms with E-state index in [1.165, 1.54) is 11.8 Å². The summed E-state index contributed by atoms with van der Waals surface area (Å²) in [5, 5.41) is 18.7. The molecule has 0 radical (unpaired) electrons. The minimum Gasteiger partial charge on any atom is -0.497 e. The number of aliphatic hydroxyl groups excluding tert-OH is 1. The van der Waals surface area contributed by atoms with Crippen LogP contribution < -0.4 is 4.74 Å². The Balaban J connectivity index is 1.92. The summed E-state index contributed by atoms with van der Waals surface area (Å²) in [7, 11) is -1.58. The number of aromatic nitrogens is 3. The molecule has 2 aromatic rings. The number of aliphatic hydroxyl groups is 1. The molecule has 1 fully saturated rings. The fourth-order valence-electron chi connectivity index (χ4n) is 2.80. The van der Waals surface area contributed by atoms with E-state index in [-0.39, 0.29) is 17.5 Å². The van der Waals surface area contributed by atoms with E-state index in [0.717, 1.165) is 11.3 Å². The predicted octanol–water partition coefficient (Wildman–Crippen LogP) is 1.78. The number of nitrogens with zero attached hydrogens (tertiary/aromatic N) is 3. The lowest BCUT2D eigenvalue weighted by Crippen LogP contribution is -2.21. The zero-order valence-corrected chi connectivity index (χ0v) is 15.9. The molecule has 25 heavy (non-hydrogen) atoms. The van der Waals surface area contributed by atoms with Gasteiger partial charge in [-0.25, -0.2) is 8.42 Å². The first-order valence-electron chi connectivity index (χ1n) is 7.95. The fraction of sp³-hybridized carbons (Fsp3) is 0.500. The minimum atomic E-state index is -3.19. The molecule has 0 aliphatic carbocycles. The van der Waals surface area contributed by atoms with Gasteiger partial charge in [-0.05, 0) is 38.1 Å². The van der Waals surface area contributed by atoms with Gasteiger partial charge in [-0.15, -0.1) is 10.2 Å². The van der Waals surface area contributed by atoms with E-state index in [1.807, 2.05) is 42.7 Å². The van der Waals surface area contributed by atoms with Crippen molar-refractivity contribution in [3.8, 4) is 17.1 Å². The van der Waals surface area contributed by atoms with Gasteiger partial charge in [0.2, 0.25) is 0 Å². The molecule has 7 nitrogen and oxygen atoms in total. The van der Waals surface area contributed by atoms with Crippen molar-refractivity contribution < 1.29 is 18.3 Å². The molecule has 1 aliphatic rings. The molecule has 136 valence electrons. The smallest absolute Gasteiger partial charge is 0.192 e. The first-order chi connectivity index (χ1) is 11.8. The highest BCUT2D eigenvalue weighted by atomic mass is 32.2. The van der Waals surface area contributed by atoms with Crippen LogP contribution in [0.15, 0.2) is 29.4 Å². The average molecular weight is 383 g/mol. The number of benzene rings is 1. The molecule has 1 aromatic heterocycles. The Morgan fingerprint density at radius 2 is 1.92 bits per heavy atom. The number of ether oxygens (including phenoxy) is 1. The van der Waals surface area contributed by atoms with Crippen LogP contribution in [0.25, 0.3) is 11.4 Å². The van der Waals surface area contributed by atoms with Crippen LogP contribution in [0.3, 0.4) is 0 Å². The Bertz CT molecular complexity index is 847. The molecule has 1 aromatic carbocycles. The molecule has 0 spiro atoms. The summed E-state index contributed by atoms with van der Waals surface area (Å²) >= 11 is 1.28. The van der Waals surface area contributed by atoms with Gasteiger partial charge in [0.15, 0.2) is 20.8 Å². The first-order valence-corrected chi connectivity index (χ1v) is 10.7. The zero-order chi connectivity index (χ0) is 18.2. The Kier molecular flexibility index (Phi) is 5.08. The highest BCUT2D eigenvalue weighted by Gasteiger charge is 2.38. The van der Waals surface area contributed by atoms with Gasteiger partial charge in [-0.1, -0.05) is 11.8 Å². The summed E-state index contributed by atoms with van der Waals surface area (Å²) in [5.41, 5.74) is 0.897. The molecule has 3 rings (SSSR count). The fourth-order valence-corrected chi connectivity index (χ4v) is 6.45. The molecule has 9 heteroatoms. The normalized spacial score (nSPS) is 22.4. The van der Waals surface area contributed by atoms with E-state index in [0.29, 0.717) is 11.0 Å². The van der Waals surface area contributed by atoms with Crippen LogP contribution in [0.1, 0.15) is 19.9 Å². The van der Waals surface area contributed by atoms with Gasteiger partial charge in [-0.2, -0.15) is 0 Å². The SMILES string of the molecule is COc1ccc(-c2nnc(S[C@@H]3CS(=O)(=O)C[C@H]3O)n2C(C)C)cc1. The lowest BCUT2D eigenvalue weighted by molar-refractivity contribution is 0.207. The number of hydrogen-bond donors (Lipinski definition) is 1. The highest BCUT2D eigenvalue weighted by Crippen LogP contribution is 2.34. The molecule has 0 bridgehead atoms. The van der Waals surface area contributed by atoms with Gasteiger partial charge < -0.3 is 9.84 Å². The van der Waals surface area contributed by atoms with Gasteiger partial charge >= 0.3 is 0 Å². The van der Waals surface area contributed by atoms with Crippen LogP contribution in [-0.4, -0.2) is 58.3 Å². The van der Waals surface area contributed by atoms with Crippen LogP contribution >= 0.6 is 11.8 Å². The minimum absolute atomic E-state index is 0.0400. The standard InChI is InChI=1S/C16H21N3O4S2/c1-10(2)19-15(11-4-6-12(23-3)7-5-11)17-18-16(19)24-14-9-25(21,22)8-13(14)20/h4-7,10,13-14,20H,8-9H2,1-3H3/t13-,14-/m1/s1. The summed E-state index contributed by atoms with van der Waals surface area (Å²) in [6.45, 7) is 4.03. The summed E-state index contributed by atoms with van der Waals surface area (Å²) < 4.78 is 30.6. The Labute approximate surface area is 151 Å². The topological polar surface area (TPSA) is 94.3 Å².